The fourth-order valence-electron chi connectivity index (χ4n) is 5.23. The van der Waals surface area contributed by atoms with Gasteiger partial charge in [-0.15, -0.1) is 0 Å². The largest absolute Gasteiger partial charge is 0.457 e. The lowest BCUT2D eigenvalue weighted by Gasteiger charge is -2.36. The van der Waals surface area contributed by atoms with E-state index in [0.717, 1.165) is 5.56 Å². The minimum Gasteiger partial charge on any atom is -0.457 e. The summed E-state index contributed by atoms with van der Waals surface area (Å²) >= 11 is 0. The lowest BCUT2D eigenvalue weighted by atomic mass is 9.93. The van der Waals surface area contributed by atoms with Gasteiger partial charge in [0.25, 0.3) is 0 Å². The van der Waals surface area contributed by atoms with Crippen molar-refractivity contribution in [2.24, 2.45) is 0 Å². The van der Waals surface area contributed by atoms with Crippen LogP contribution in [0.1, 0.15) is 50.4 Å². The smallest absolute Gasteiger partial charge is 0.245 e. The molecular formula is C31H36N4O4S. The molecule has 1 N–H and O–H groups in total. The summed E-state index contributed by atoms with van der Waals surface area (Å²) in [5.74, 6) is 0.896. The molecule has 40 heavy (non-hydrogen) atoms. The number of rotatable bonds is 10. The van der Waals surface area contributed by atoms with Crippen molar-refractivity contribution in [2.45, 2.75) is 57.1 Å². The predicted octanol–water partition coefficient (Wildman–Crippen LogP) is 4.87. The Morgan fingerprint density at radius 3 is 2.38 bits per heavy atom. The second-order valence-electron chi connectivity index (χ2n) is 10.4. The average molecular weight is 561 g/mol. The van der Waals surface area contributed by atoms with Gasteiger partial charge in [0.1, 0.15) is 23.6 Å². The lowest BCUT2D eigenvalue weighted by molar-refractivity contribution is -0.125. The van der Waals surface area contributed by atoms with Crippen LogP contribution in [0.4, 0.5) is 0 Å². The van der Waals surface area contributed by atoms with Crippen LogP contribution in [0.15, 0.2) is 77.7 Å². The Morgan fingerprint density at radius 1 is 1.02 bits per heavy atom. The number of carbonyl (C=O) groups excluding carboxylic acids is 1. The molecule has 0 aliphatic carbocycles. The molecule has 1 unspecified atom stereocenters. The van der Waals surface area contributed by atoms with Gasteiger partial charge in [-0.25, -0.2) is 8.42 Å². The SMILES string of the molecule is CC(C)N(CCNC(=O)C1c2ccc(Oc3ccccc3)cc2CCN1S(=O)(=O)c1ccccc1C#N)C(C)C. The third kappa shape index (κ3) is 6.36. The lowest BCUT2D eigenvalue weighted by Crippen LogP contribution is -2.49. The number of hydrogen-bond donors (Lipinski definition) is 1. The summed E-state index contributed by atoms with van der Waals surface area (Å²) in [6.07, 6.45) is 0.396. The highest BCUT2D eigenvalue weighted by molar-refractivity contribution is 7.89. The van der Waals surface area contributed by atoms with E-state index in [1.54, 1.807) is 24.3 Å². The van der Waals surface area contributed by atoms with E-state index in [0.29, 0.717) is 48.7 Å². The molecule has 0 saturated carbocycles. The summed E-state index contributed by atoms with van der Waals surface area (Å²) in [7, 11) is -4.16. The molecule has 9 heteroatoms. The van der Waals surface area contributed by atoms with Crippen molar-refractivity contribution >= 4 is 15.9 Å². The second-order valence-corrected chi connectivity index (χ2v) is 12.2. The van der Waals surface area contributed by atoms with Crippen molar-refractivity contribution in [3.05, 3.63) is 89.5 Å². The van der Waals surface area contributed by atoms with E-state index in [2.05, 4.69) is 37.9 Å². The number of benzene rings is 3. The van der Waals surface area contributed by atoms with Crippen LogP contribution in [0.3, 0.4) is 0 Å². The Bertz CT molecular complexity index is 1470. The number of nitriles is 1. The minimum absolute atomic E-state index is 0.0450. The Labute approximate surface area is 237 Å². The predicted molar refractivity (Wildman–Crippen MR) is 154 cm³/mol. The molecule has 0 radical (unpaired) electrons. The van der Waals surface area contributed by atoms with Gasteiger partial charge in [-0.1, -0.05) is 36.4 Å². The first-order valence-electron chi connectivity index (χ1n) is 13.5. The van der Waals surface area contributed by atoms with Crippen LogP contribution in [0, 0.1) is 11.3 Å². The zero-order chi connectivity index (χ0) is 28.9. The Morgan fingerprint density at radius 2 is 1.70 bits per heavy atom. The third-order valence-electron chi connectivity index (χ3n) is 7.12. The molecule has 3 aromatic carbocycles. The average Bonchev–Trinajstić information content (AvgIpc) is 2.94. The minimum atomic E-state index is -4.16. The van der Waals surface area contributed by atoms with E-state index in [1.165, 1.54) is 16.4 Å². The van der Waals surface area contributed by atoms with Gasteiger partial charge < -0.3 is 10.1 Å². The van der Waals surface area contributed by atoms with Gasteiger partial charge in [-0.2, -0.15) is 9.57 Å². The van der Waals surface area contributed by atoms with Gasteiger partial charge in [0.15, 0.2) is 0 Å². The zero-order valence-corrected chi connectivity index (χ0v) is 24.2. The molecule has 0 fully saturated rings. The van der Waals surface area contributed by atoms with Crippen molar-refractivity contribution in [1.29, 1.82) is 5.26 Å². The van der Waals surface area contributed by atoms with E-state index in [4.69, 9.17) is 4.74 Å². The molecule has 0 bridgehead atoms. The van der Waals surface area contributed by atoms with Gasteiger partial charge in [0.05, 0.1) is 10.5 Å². The first kappa shape index (κ1) is 29.3. The number of sulfonamides is 1. The van der Waals surface area contributed by atoms with Crippen molar-refractivity contribution in [1.82, 2.24) is 14.5 Å². The molecule has 0 saturated heterocycles. The highest BCUT2D eigenvalue weighted by Gasteiger charge is 2.41. The van der Waals surface area contributed by atoms with E-state index in [9.17, 15) is 18.5 Å². The van der Waals surface area contributed by atoms with Crippen LogP contribution in [0.2, 0.25) is 0 Å². The Hall–Kier alpha value is -3.71. The van der Waals surface area contributed by atoms with Gasteiger partial charge in [0, 0.05) is 31.7 Å². The molecule has 4 rings (SSSR count). The van der Waals surface area contributed by atoms with Crippen LogP contribution >= 0.6 is 0 Å². The molecule has 1 heterocycles. The summed E-state index contributed by atoms with van der Waals surface area (Å²) in [5, 5.41) is 12.6. The zero-order valence-electron chi connectivity index (χ0n) is 23.4. The highest BCUT2D eigenvalue weighted by Crippen LogP contribution is 2.37. The van der Waals surface area contributed by atoms with E-state index in [1.807, 2.05) is 42.5 Å². The number of carbonyl (C=O) groups is 1. The van der Waals surface area contributed by atoms with Crippen molar-refractivity contribution in [3.8, 4) is 17.6 Å². The van der Waals surface area contributed by atoms with Crippen LogP contribution in [0.25, 0.3) is 0 Å². The molecule has 1 atom stereocenters. The summed E-state index contributed by atoms with van der Waals surface area (Å²) in [5.41, 5.74) is 1.50. The fourth-order valence-corrected chi connectivity index (χ4v) is 6.94. The number of ether oxygens (including phenoxy) is 1. The van der Waals surface area contributed by atoms with Crippen LogP contribution < -0.4 is 10.1 Å². The third-order valence-corrected chi connectivity index (χ3v) is 9.04. The molecule has 1 aliphatic rings. The number of amides is 1. The van der Waals surface area contributed by atoms with Gasteiger partial charge in [-0.3, -0.25) is 9.69 Å². The standard InChI is InChI=1S/C31H36N4O4S/c1-22(2)34(23(3)4)19-17-33-31(36)30-28-15-14-27(39-26-11-6-5-7-12-26)20-24(28)16-18-35(30)40(37,38)29-13-9-8-10-25(29)21-32/h5-15,20,22-23,30H,16-19H2,1-4H3,(H,33,36). The quantitative estimate of drug-likeness (QED) is 0.379. The van der Waals surface area contributed by atoms with Gasteiger partial charge in [-0.05, 0) is 81.6 Å². The van der Waals surface area contributed by atoms with Gasteiger partial charge in [0.2, 0.25) is 15.9 Å². The summed E-state index contributed by atoms with van der Waals surface area (Å²) < 4.78 is 35.1. The first-order valence-corrected chi connectivity index (χ1v) is 15.0. The number of nitrogens with one attached hydrogen (secondary N) is 1. The molecule has 1 amide bonds. The summed E-state index contributed by atoms with van der Waals surface area (Å²) in [6, 6.07) is 22.4. The molecule has 1 aliphatic heterocycles. The molecule has 0 aromatic heterocycles. The van der Waals surface area contributed by atoms with E-state index >= 15 is 0 Å². The van der Waals surface area contributed by atoms with Crippen molar-refractivity contribution in [2.75, 3.05) is 19.6 Å². The van der Waals surface area contributed by atoms with Gasteiger partial charge >= 0.3 is 0 Å². The summed E-state index contributed by atoms with van der Waals surface area (Å²) in [4.78, 5) is 15.9. The van der Waals surface area contributed by atoms with Crippen molar-refractivity contribution < 1.29 is 17.9 Å². The van der Waals surface area contributed by atoms with Crippen LogP contribution in [0.5, 0.6) is 11.5 Å². The van der Waals surface area contributed by atoms with Crippen molar-refractivity contribution in [3.63, 3.8) is 0 Å². The maximum absolute atomic E-state index is 13.9. The van der Waals surface area contributed by atoms with E-state index in [-0.39, 0.29) is 17.0 Å². The maximum Gasteiger partial charge on any atom is 0.245 e. The first-order chi connectivity index (χ1) is 19.1. The van der Waals surface area contributed by atoms with E-state index < -0.39 is 22.0 Å². The molecular weight excluding hydrogens is 524 g/mol. The topological polar surface area (TPSA) is 103 Å². The number of hydrogen-bond acceptors (Lipinski definition) is 6. The monoisotopic (exact) mass is 560 g/mol. The molecule has 3 aromatic rings. The fraction of sp³-hybridized carbons (Fsp3) is 0.355. The van der Waals surface area contributed by atoms with Crippen LogP contribution in [-0.4, -0.2) is 55.2 Å². The second kappa shape index (κ2) is 12.6. The summed E-state index contributed by atoms with van der Waals surface area (Å²) in [6.45, 7) is 9.52. The number of para-hydroxylation sites is 1. The Kier molecular flexibility index (Phi) is 9.25. The maximum atomic E-state index is 13.9. The van der Waals surface area contributed by atoms with Crippen LogP contribution in [-0.2, 0) is 21.2 Å². The number of fused-ring (bicyclic) bond motifs is 1. The Balaban J connectivity index is 1.68. The highest BCUT2D eigenvalue weighted by atomic mass is 32.2. The molecule has 8 nitrogen and oxygen atoms in total. The molecule has 210 valence electrons. The normalized spacial score (nSPS) is 15.6. The number of nitrogens with zero attached hydrogens (tertiary/aromatic N) is 3. The molecule has 0 spiro atoms.